The third kappa shape index (κ3) is 2.06. The number of carbonyl (C=O) groups excluding carboxylic acids is 1. The molecule has 0 aliphatic carbocycles. The van der Waals surface area contributed by atoms with Crippen LogP contribution in [0.1, 0.15) is 29.4 Å². The van der Waals surface area contributed by atoms with Crippen LogP contribution in [-0.4, -0.2) is 15.8 Å². The van der Waals surface area contributed by atoms with Gasteiger partial charge >= 0.3 is 0 Å². The van der Waals surface area contributed by atoms with E-state index < -0.39 is 0 Å². The Labute approximate surface area is 111 Å². The topological polar surface area (TPSA) is 34.9 Å². The quantitative estimate of drug-likeness (QED) is 0.787. The van der Waals surface area contributed by atoms with Gasteiger partial charge in [-0.1, -0.05) is 18.5 Å². The Morgan fingerprint density at radius 3 is 2.83 bits per heavy atom. The lowest BCUT2D eigenvalue weighted by Gasteiger charge is -2.10. The molecule has 0 amide bonds. The molecule has 0 N–H and O–H groups in total. The number of aromatic nitrogens is 2. The Balaban J connectivity index is 2.69. The Morgan fingerprint density at radius 1 is 1.50 bits per heavy atom. The van der Waals surface area contributed by atoms with Crippen molar-refractivity contribution in [3.05, 3.63) is 40.8 Å². The van der Waals surface area contributed by atoms with Crippen molar-refractivity contribution in [3.63, 3.8) is 0 Å². The minimum Gasteiger partial charge on any atom is -0.343 e. The highest BCUT2D eigenvalue weighted by molar-refractivity contribution is 6.35. The van der Waals surface area contributed by atoms with Crippen LogP contribution in [0.15, 0.2) is 24.5 Å². The monoisotopic (exact) mass is 262 g/mol. The molecule has 0 fully saturated rings. The third-order valence-electron chi connectivity index (χ3n) is 3.01. The molecule has 0 bridgehead atoms. The van der Waals surface area contributed by atoms with Crippen LogP contribution in [0.2, 0.25) is 5.02 Å². The minimum absolute atomic E-state index is 0.518. The molecule has 2 heterocycles. The maximum absolute atomic E-state index is 11.1. The maximum atomic E-state index is 11.1. The van der Waals surface area contributed by atoms with E-state index in [1.807, 2.05) is 19.1 Å². The van der Waals surface area contributed by atoms with Crippen molar-refractivity contribution < 1.29 is 4.79 Å². The van der Waals surface area contributed by atoms with Crippen molar-refractivity contribution in [3.8, 4) is 11.3 Å². The van der Waals surface area contributed by atoms with E-state index in [9.17, 15) is 4.79 Å². The van der Waals surface area contributed by atoms with Crippen molar-refractivity contribution in [2.24, 2.45) is 0 Å². The van der Waals surface area contributed by atoms with Crippen LogP contribution in [-0.2, 0) is 6.54 Å². The van der Waals surface area contributed by atoms with Crippen LogP contribution < -0.4 is 0 Å². The first-order valence-electron chi connectivity index (χ1n) is 5.94. The standard InChI is InChI=1S/C14H15ClN2O/c1-3-7-17-10(2)12(9-18)13(15)14(17)11-5-4-6-16-8-11/h4-6,8-9H,3,7H2,1-2H3. The molecule has 3 nitrogen and oxygen atoms in total. The first-order chi connectivity index (χ1) is 8.70. The highest BCUT2D eigenvalue weighted by Crippen LogP contribution is 2.34. The van der Waals surface area contributed by atoms with Gasteiger partial charge in [0, 0.05) is 30.2 Å². The molecule has 2 aromatic heterocycles. The molecular formula is C14H15ClN2O. The average molecular weight is 263 g/mol. The van der Waals surface area contributed by atoms with E-state index in [1.54, 1.807) is 12.4 Å². The molecule has 0 saturated carbocycles. The van der Waals surface area contributed by atoms with E-state index in [1.165, 1.54) is 0 Å². The summed E-state index contributed by atoms with van der Waals surface area (Å²) in [4.78, 5) is 15.2. The normalized spacial score (nSPS) is 10.6. The summed E-state index contributed by atoms with van der Waals surface area (Å²) in [5.74, 6) is 0. The zero-order chi connectivity index (χ0) is 13.1. The second-order valence-corrected chi connectivity index (χ2v) is 4.55. The van der Waals surface area contributed by atoms with Gasteiger partial charge in [0.1, 0.15) is 0 Å². The number of hydrogen-bond acceptors (Lipinski definition) is 2. The zero-order valence-electron chi connectivity index (χ0n) is 10.5. The number of pyridine rings is 1. The lowest BCUT2D eigenvalue weighted by atomic mass is 10.2. The molecule has 0 radical (unpaired) electrons. The Hall–Kier alpha value is -1.61. The fourth-order valence-electron chi connectivity index (χ4n) is 2.14. The smallest absolute Gasteiger partial charge is 0.153 e. The van der Waals surface area contributed by atoms with E-state index in [-0.39, 0.29) is 0 Å². The summed E-state index contributed by atoms with van der Waals surface area (Å²) in [6, 6.07) is 3.82. The highest BCUT2D eigenvalue weighted by atomic mass is 35.5. The van der Waals surface area contributed by atoms with Crippen molar-refractivity contribution in [1.29, 1.82) is 0 Å². The predicted octanol–water partition coefficient (Wildman–Crippen LogP) is 3.73. The predicted molar refractivity (Wildman–Crippen MR) is 73.1 cm³/mol. The van der Waals surface area contributed by atoms with Crippen LogP contribution in [0.25, 0.3) is 11.3 Å². The summed E-state index contributed by atoms with van der Waals surface area (Å²) in [7, 11) is 0. The minimum atomic E-state index is 0.518. The molecule has 0 aromatic carbocycles. The van der Waals surface area contributed by atoms with Gasteiger partial charge < -0.3 is 4.57 Å². The lowest BCUT2D eigenvalue weighted by Crippen LogP contribution is -2.02. The highest BCUT2D eigenvalue weighted by Gasteiger charge is 2.19. The number of aldehydes is 1. The van der Waals surface area contributed by atoms with Crippen molar-refractivity contribution >= 4 is 17.9 Å². The average Bonchev–Trinajstić information content (AvgIpc) is 2.62. The lowest BCUT2D eigenvalue weighted by molar-refractivity contribution is 0.112. The molecular weight excluding hydrogens is 248 g/mol. The summed E-state index contributed by atoms with van der Waals surface area (Å²) in [6.07, 6.45) is 5.29. The van der Waals surface area contributed by atoms with E-state index in [0.29, 0.717) is 10.6 Å². The molecule has 0 atom stereocenters. The molecule has 0 spiro atoms. The number of rotatable bonds is 4. The molecule has 2 rings (SSSR count). The molecule has 0 aliphatic heterocycles. The van der Waals surface area contributed by atoms with E-state index in [2.05, 4.69) is 16.5 Å². The number of hydrogen-bond donors (Lipinski definition) is 0. The molecule has 0 saturated heterocycles. The number of carbonyl (C=O) groups is 1. The van der Waals surface area contributed by atoms with Crippen LogP contribution >= 0.6 is 11.6 Å². The van der Waals surface area contributed by atoms with Gasteiger partial charge in [-0.25, -0.2) is 0 Å². The maximum Gasteiger partial charge on any atom is 0.153 e. The molecule has 2 aromatic rings. The van der Waals surface area contributed by atoms with E-state index in [4.69, 9.17) is 11.6 Å². The second-order valence-electron chi connectivity index (χ2n) is 4.17. The van der Waals surface area contributed by atoms with Gasteiger partial charge in [0.15, 0.2) is 6.29 Å². The largest absolute Gasteiger partial charge is 0.343 e. The van der Waals surface area contributed by atoms with Crippen LogP contribution in [0.5, 0.6) is 0 Å². The first kappa shape index (κ1) is 12.8. The molecule has 4 heteroatoms. The van der Waals surface area contributed by atoms with Crippen molar-refractivity contribution in [2.45, 2.75) is 26.8 Å². The Kier molecular flexibility index (Phi) is 3.82. The van der Waals surface area contributed by atoms with Gasteiger partial charge in [0.25, 0.3) is 0 Å². The fraction of sp³-hybridized carbons (Fsp3) is 0.286. The molecule has 18 heavy (non-hydrogen) atoms. The molecule has 0 aliphatic rings. The van der Waals surface area contributed by atoms with Crippen LogP contribution in [0.4, 0.5) is 0 Å². The van der Waals surface area contributed by atoms with Gasteiger partial charge in [-0.05, 0) is 25.5 Å². The van der Waals surface area contributed by atoms with Gasteiger partial charge in [0.2, 0.25) is 0 Å². The number of halogens is 1. The van der Waals surface area contributed by atoms with Crippen molar-refractivity contribution in [2.75, 3.05) is 0 Å². The van der Waals surface area contributed by atoms with Crippen LogP contribution in [0.3, 0.4) is 0 Å². The van der Waals surface area contributed by atoms with Gasteiger partial charge in [0.05, 0.1) is 16.3 Å². The summed E-state index contributed by atoms with van der Waals surface area (Å²) in [5, 5.41) is 0.518. The zero-order valence-corrected chi connectivity index (χ0v) is 11.2. The van der Waals surface area contributed by atoms with Gasteiger partial charge in [-0.2, -0.15) is 0 Å². The fourth-order valence-corrected chi connectivity index (χ4v) is 2.54. The Bertz CT molecular complexity index is 561. The molecule has 0 unspecified atom stereocenters. The number of nitrogens with zero attached hydrogens (tertiary/aromatic N) is 2. The summed E-state index contributed by atoms with van der Waals surface area (Å²) < 4.78 is 2.09. The van der Waals surface area contributed by atoms with Crippen LogP contribution in [0, 0.1) is 6.92 Å². The third-order valence-corrected chi connectivity index (χ3v) is 3.39. The van der Waals surface area contributed by atoms with E-state index in [0.717, 1.165) is 36.2 Å². The summed E-state index contributed by atoms with van der Waals surface area (Å²) in [6.45, 7) is 4.86. The molecule has 94 valence electrons. The van der Waals surface area contributed by atoms with Gasteiger partial charge in [-0.3, -0.25) is 9.78 Å². The van der Waals surface area contributed by atoms with Gasteiger partial charge in [-0.15, -0.1) is 0 Å². The van der Waals surface area contributed by atoms with E-state index >= 15 is 0 Å². The Morgan fingerprint density at radius 2 is 2.28 bits per heavy atom. The second kappa shape index (κ2) is 5.36. The SMILES string of the molecule is CCCn1c(C)c(C=O)c(Cl)c1-c1cccnc1. The van der Waals surface area contributed by atoms with Crippen molar-refractivity contribution in [1.82, 2.24) is 9.55 Å². The summed E-state index contributed by atoms with van der Waals surface area (Å²) in [5.41, 5.74) is 3.30. The summed E-state index contributed by atoms with van der Waals surface area (Å²) >= 11 is 6.33. The first-order valence-corrected chi connectivity index (χ1v) is 6.32.